The summed E-state index contributed by atoms with van der Waals surface area (Å²) in [6.07, 6.45) is 4.87. The van der Waals surface area contributed by atoms with E-state index in [0.717, 1.165) is 37.4 Å². The van der Waals surface area contributed by atoms with Crippen molar-refractivity contribution in [2.75, 3.05) is 13.1 Å². The van der Waals surface area contributed by atoms with Gasteiger partial charge < -0.3 is 14.8 Å². The molecule has 3 rings (SSSR count). The Balaban J connectivity index is 1.57. The summed E-state index contributed by atoms with van der Waals surface area (Å²) in [6, 6.07) is 8.39. The predicted molar refractivity (Wildman–Crippen MR) is 94.7 cm³/mol. The number of benzene rings is 1. The van der Waals surface area contributed by atoms with Gasteiger partial charge in [0.15, 0.2) is 0 Å². The quantitative estimate of drug-likeness (QED) is 0.938. The molecular formula is C19H26N4O. The molecule has 1 aliphatic heterocycles. The van der Waals surface area contributed by atoms with Crippen molar-refractivity contribution >= 4 is 6.03 Å². The molecule has 0 radical (unpaired) electrons. The third-order valence-corrected chi connectivity index (χ3v) is 4.68. The lowest BCUT2D eigenvalue weighted by molar-refractivity contribution is 0.203. The Morgan fingerprint density at radius 3 is 2.79 bits per heavy atom. The number of nitrogens with one attached hydrogen (secondary N) is 1. The van der Waals surface area contributed by atoms with Gasteiger partial charge in [0.05, 0.1) is 0 Å². The Kier molecular flexibility index (Phi) is 4.60. The molecule has 1 saturated heterocycles. The van der Waals surface area contributed by atoms with Crippen molar-refractivity contribution in [2.45, 2.75) is 40.3 Å². The largest absolute Gasteiger partial charge is 0.334 e. The Morgan fingerprint density at radius 2 is 2.12 bits per heavy atom. The highest BCUT2D eigenvalue weighted by atomic mass is 16.2. The van der Waals surface area contributed by atoms with Crippen molar-refractivity contribution in [3.05, 3.63) is 53.6 Å². The molecule has 0 spiro atoms. The van der Waals surface area contributed by atoms with E-state index in [0.29, 0.717) is 6.54 Å². The van der Waals surface area contributed by atoms with Gasteiger partial charge in [-0.3, -0.25) is 0 Å². The molecule has 5 nitrogen and oxygen atoms in total. The third-order valence-electron chi connectivity index (χ3n) is 4.68. The number of aryl methyl sites for hydroxylation is 1. The summed E-state index contributed by atoms with van der Waals surface area (Å²) >= 11 is 0. The number of imidazole rings is 1. The monoisotopic (exact) mass is 326 g/mol. The van der Waals surface area contributed by atoms with Crippen LogP contribution in [0.25, 0.3) is 0 Å². The van der Waals surface area contributed by atoms with Crippen molar-refractivity contribution in [2.24, 2.45) is 5.41 Å². The van der Waals surface area contributed by atoms with Gasteiger partial charge in [-0.25, -0.2) is 9.78 Å². The topological polar surface area (TPSA) is 50.2 Å². The highest BCUT2D eigenvalue weighted by Crippen LogP contribution is 2.28. The van der Waals surface area contributed by atoms with E-state index in [1.54, 1.807) is 0 Å². The zero-order valence-electron chi connectivity index (χ0n) is 14.7. The number of hydrogen-bond donors (Lipinski definition) is 1. The van der Waals surface area contributed by atoms with Crippen LogP contribution in [0.15, 0.2) is 36.7 Å². The molecule has 1 N–H and O–H groups in total. The van der Waals surface area contributed by atoms with Crippen LogP contribution < -0.4 is 5.32 Å². The van der Waals surface area contributed by atoms with Crippen LogP contribution in [-0.4, -0.2) is 33.6 Å². The second-order valence-electron chi connectivity index (χ2n) is 7.42. The van der Waals surface area contributed by atoms with E-state index in [1.165, 1.54) is 5.56 Å². The Labute approximate surface area is 143 Å². The summed E-state index contributed by atoms with van der Waals surface area (Å²) < 4.78 is 2.12. The minimum atomic E-state index is 0.0384. The maximum Gasteiger partial charge on any atom is 0.317 e. The molecule has 2 heterocycles. The summed E-state index contributed by atoms with van der Waals surface area (Å²) in [7, 11) is 0. The van der Waals surface area contributed by atoms with Gasteiger partial charge >= 0.3 is 6.03 Å². The standard InChI is InChI=1S/C19H26N4O/c1-15-20-8-10-22(15)13-17-6-4-5-16(11-17)12-21-18(24)23-9-7-19(2,3)14-23/h4-6,8,10-11H,7,9,12-14H2,1-3H3,(H,21,24). The number of hydrogen-bond acceptors (Lipinski definition) is 2. The summed E-state index contributed by atoms with van der Waals surface area (Å²) in [5.74, 6) is 1.00. The Morgan fingerprint density at radius 1 is 1.33 bits per heavy atom. The molecule has 24 heavy (non-hydrogen) atoms. The van der Waals surface area contributed by atoms with Gasteiger partial charge in [-0.1, -0.05) is 38.1 Å². The molecule has 1 fully saturated rings. The molecule has 1 aromatic carbocycles. The molecule has 0 bridgehead atoms. The fourth-order valence-electron chi connectivity index (χ4n) is 3.18. The van der Waals surface area contributed by atoms with Crippen molar-refractivity contribution in [3.8, 4) is 0 Å². The SMILES string of the molecule is Cc1nccn1Cc1cccc(CNC(=O)N2CCC(C)(C)C2)c1. The van der Waals surface area contributed by atoms with Crippen LogP contribution in [0.5, 0.6) is 0 Å². The van der Waals surface area contributed by atoms with E-state index in [1.807, 2.05) is 30.3 Å². The molecule has 128 valence electrons. The second kappa shape index (κ2) is 6.67. The number of nitrogens with zero attached hydrogens (tertiary/aromatic N) is 3. The van der Waals surface area contributed by atoms with Crippen molar-refractivity contribution < 1.29 is 4.79 Å². The first-order valence-corrected chi connectivity index (χ1v) is 8.51. The number of carbonyl (C=O) groups excluding carboxylic acids is 1. The van der Waals surface area contributed by atoms with Crippen LogP contribution in [0, 0.1) is 12.3 Å². The maximum absolute atomic E-state index is 12.3. The van der Waals surface area contributed by atoms with Crippen LogP contribution in [0.3, 0.4) is 0 Å². The summed E-state index contributed by atoms with van der Waals surface area (Å²) in [5, 5.41) is 3.04. The van der Waals surface area contributed by atoms with E-state index in [9.17, 15) is 4.79 Å². The average molecular weight is 326 g/mol. The maximum atomic E-state index is 12.3. The highest BCUT2D eigenvalue weighted by Gasteiger charge is 2.31. The number of amides is 2. The molecular weight excluding hydrogens is 300 g/mol. The zero-order chi connectivity index (χ0) is 17.2. The van der Waals surface area contributed by atoms with E-state index in [2.05, 4.69) is 46.9 Å². The van der Waals surface area contributed by atoms with Gasteiger partial charge in [0.2, 0.25) is 0 Å². The fraction of sp³-hybridized carbons (Fsp3) is 0.474. The van der Waals surface area contributed by atoms with Crippen LogP contribution in [-0.2, 0) is 13.1 Å². The number of likely N-dealkylation sites (tertiary alicyclic amines) is 1. The first-order valence-electron chi connectivity index (χ1n) is 8.51. The third kappa shape index (κ3) is 3.96. The summed E-state index contributed by atoms with van der Waals surface area (Å²) in [5.41, 5.74) is 2.57. The van der Waals surface area contributed by atoms with E-state index in [-0.39, 0.29) is 11.4 Å². The van der Waals surface area contributed by atoms with Crippen molar-refractivity contribution in [3.63, 3.8) is 0 Å². The van der Waals surface area contributed by atoms with E-state index < -0.39 is 0 Å². The van der Waals surface area contributed by atoms with Crippen molar-refractivity contribution in [1.82, 2.24) is 19.8 Å². The fourth-order valence-corrected chi connectivity index (χ4v) is 3.18. The second-order valence-corrected chi connectivity index (χ2v) is 7.42. The van der Waals surface area contributed by atoms with E-state index in [4.69, 9.17) is 0 Å². The van der Waals surface area contributed by atoms with Gasteiger partial charge in [-0.2, -0.15) is 0 Å². The van der Waals surface area contributed by atoms with E-state index >= 15 is 0 Å². The lowest BCUT2D eigenvalue weighted by Gasteiger charge is -2.20. The summed E-state index contributed by atoms with van der Waals surface area (Å²) in [6.45, 7) is 9.46. The van der Waals surface area contributed by atoms with Crippen molar-refractivity contribution in [1.29, 1.82) is 0 Å². The van der Waals surface area contributed by atoms with Gasteiger partial charge in [-0.05, 0) is 29.9 Å². The number of urea groups is 1. The number of carbonyl (C=O) groups is 1. The molecule has 0 unspecified atom stereocenters. The molecule has 1 aliphatic rings. The first kappa shape index (κ1) is 16.6. The molecule has 5 heteroatoms. The van der Waals surface area contributed by atoms with Crippen LogP contribution >= 0.6 is 0 Å². The minimum Gasteiger partial charge on any atom is -0.334 e. The molecule has 0 atom stereocenters. The number of aromatic nitrogens is 2. The van der Waals surface area contributed by atoms with Gasteiger partial charge in [0.25, 0.3) is 0 Å². The normalized spacial score (nSPS) is 16.4. The molecule has 2 amide bonds. The van der Waals surface area contributed by atoms with Gasteiger partial charge in [-0.15, -0.1) is 0 Å². The molecule has 0 aliphatic carbocycles. The average Bonchev–Trinajstić information content (AvgIpc) is 3.11. The zero-order valence-corrected chi connectivity index (χ0v) is 14.7. The summed E-state index contributed by atoms with van der Waals surface area (Å²) in [4.78, 5) is 18.5. The lowest BCUT2D eigenvalue weighted by atomic mass is 9.93. The number of rotatable bonds is 4. The van der Waals surface area contributed by atoms with Crippen LogP contribution in [0.4, 0.5) is 4.79 Å². The predicted octanol–water partition coefficient (Wildman–Crippen LogP) is 3.18. The Bertz CT molecular complexity index is 720. The van der Waals surface area contributed by atoms with Crippen LogP contribution in [0.2, 0.25) is 0 Å². The smallest absolute Gasteiger partial charge is 0.317 e. The lowest BCUT2D eigenvalue weighted by Crippen LogP contribution is -2.38. The molecule has 0 saturated carbocycles. The first-order chi connectivity index (χ1) is 11.4. The highest BCUT2D eigenvalue weighted by molar-refractivity contribution is 5.74. The Hall–Kier alpha value is -2.30. The minimum absolute atomic E-state index is 0.0384. The molecule has 2 aromatic rings. The van der Waals surface area contributed by atoms with Crippen LogP contribution in [0.1, 0.15) is 37.2 Å². The van der Waals surface area contributed by atoms with Gasteiger partial charge in [0, 0.05) is 38.6 Å². The molecule has 1 aromatic heterocycles. The van der Waals surface area contributed by atoms with Gasteiger partial charge in [0.1, 0.15) is 5.82 Å².